The molecule has 0 bridgehead atoms. The van der Waals surface area contributed by atoms with E-state index < -0.39 is 0 Å². The van der Waals surface area contributed by atoms with E-state index in [0.29, 0.717) is 18.2 Å². The summed E-state index contributed by atoms with van der Waals surface area (Å²) in [6, 6.07) is 85.2. The average molecular weight is 1150 g/mol. The van der Waals surface area contributed by atoms with Crippen LogP contribution < -0.4 is 19.3 Å². The maximum absolute atomic E-state index is 7.49. The molecule has 0 N–H and O–H groups in total. The Bertz CT molecular complexity index is 4370. The van der Waals surface area contributed by atoms with Gasteiger partial charge in [-0.25, -0.2) is 4.98 Å². The van der Waals surface area contributed by atoms with Gasteiger partial charge in [0.15, 0.2) is 0 Å². The lowest BCUT2D eigenvalue weighted by Gasteiger charge is -2.28. The van der Waals surface area contributed by atoms with E-state index in [2.05, 4.69) is 322 Å². The zero-order chi connectivity index (χ0) is 61.3. The highest BCUT2D eigenvalue weighted by molar-refractivity contribution is 6.09. The fourth-order valence-electron chi connectivity index (χ4n) is 12.4. The van der Waals surface area contributed by atoms with Crippen molar-refractivity contribution in [3.8, 4) is 73.3 Å². The summed E-state index contributed by atoms with van der Waals surface area (Å²) >= 11 is 0. The van der Waals surface area contributed by atoms with E-state index in [9.17, 15) is 0 Å². The average Bonchev–Trinajstić information content (AvgIpc) is 1.62. The third-order valence-corrected chi connectivity index (χ3v) is 17.4. The van der Waals surface area contributed by atoms with Gasteiger partial charge < -0.3 is 19.3 Å². The van der Waals surface area contributed by atoms with Crippen molar-refractivity contribution in [1.29, 1.82) is 0 Å². The molecule has 0 unspecified atom stereocenters. The Labute approximate surface area is 520 Å². The number of aromatic nitrogens is 2. The Kier molecular flexibility index (Phi) is 14.5. The molecule has 10 aromatic carbocycles. The van der Waals surface area contributed by atoms with Crippen molar-refractivity contribution in [2.45, 2.75) is 105 Å². The zero-order valence-corrected chi connectivity index (χ0v) is 52.9. The van der Waals surface area contributed by atoms with E-state index >= 15 is 0 Å². The minimum absolute atomic E-state index is 0.0806. The molecular weight excluding hydrogens is 1070 g/mol. The molecule has 0 spiro atoms. The third-order valence-electron chi connectivity index (χ3n) is 17.4. The number of ether oxygens (including phenoxy) is 2. The Balaban J connectivity index is 0.885. The summed E-state index contributed by atoms with van der Waals surface area (Å²) in [6.45, 7) is 28.2. The summed E-state index contributed by atoms with van der Waals surface area (Å²) in [6.07, 6.45) is 1.87. The smallest absolute Gasteiger partial charge is 0.143 e. The van der Waals surface area contributed by atoms with Gasteiger partial charge in [-0.1, -0.05) is 253 Å². The molecule has 88 heavy (non-hydrogen) atoms. The monoisotopic (exact) mass is 1150 g/mol. The maximum atomic E-state index is 7.49. The van der Waals surface area contributed by atoms with Crippen molar-refractivity contribution in [1.82, 2.24) is 9.55 Å². The van der Waals surface area contributed by atoms with Crippen LogP contribution in [0, 0.1) is 0 Å². The third kappa shape index (κ3) is 11.1. The largest absolute Gasteiger partial charge is 0.457 e. The van der Waals surface area contributed by atoms with E-state index in [1.54, 1.807) is 0 Å². The van der Waals surface area contributed by atoms with Crippen LogP contribution in [0.25, 0.3) is 72.1 Å². The van der Waals surface area contributed by atoms with E-state index in [1.165, 1.54) is 50.2 Å². The topological polar surface area (TPSA) is 42.8 Å². The van der Waals surface area contributed by atoms with Gasteiger partial charge in [0.1, 0.15) is 35.5 Å². The molecule has 1 aliphatic heterocycles. The molecule has 0 fully saturated rings. The summed E-state index contributed by atoms with van der Waals surface area (Å²) < 4.78 is 16.7. The zero-order valence-electron chi connectivity index (χ0n) is 52.9. The molecule has 13 rings (SSSR count). The van der Waals surface area contributed by atoms with Crippen molar-refractivity contribution in [3.05, 3.63) is 265 Å². The number of hydrogen-bond donors (Lipinski definition) is 0. The summed E-state index contributed by atoms with van der Waals surface area (Å²) in [5.74, 6) is 3.67. The summed E-state index contributed by atoms with van der Waals surface area (Å²) in [4.78, 5) is 9.99. The molecule has 6 heteroatoms. The van der Waals surface area contributed by atoms with Crippen molar-refractivity contribution >= 4 is 44.6 Å². The lowest BCUT2D eigenvalue weighted by Crippen LogP contribution is -2.24. The van der Waals surface area contributed by atoms with Crippen LogP contribution in [0.15, 0.2) is 243 Å². The second-order valence-corrected chi connectivity index (χ2v) is 27.8. The van der Waals surface area contributed by atoms with E-state index in [-0.39, 0.29) is 21.7 Å². The summed E-state index contributed by atoms with van der Waals surface area (Å²) in [5.41, 5.74) is 20.3. The van der Waals surface area contributed by atoms with Crippen LogP contribution in [-0.2, 0) is 21.7 Å². The summed E-state index contributed by atoms with van der Waals surface area (Å²) in [5, 5.41) is 2.22. The van der Waals surface area contributed by atoms with Crippen LogP contribution in [-0.4, -0.2) is 16.2 Å². The fraction of sp³-hybridized carbons (Fsp3) is 0.207. The van der Waals surface area contributed by atoms with Gasteiger partial charge >= 0.3 is 0 Å². The highest BCUT2D eigenvalue weighted by Gasteiger charge is 2.32. The lowest BCUT2D eigenvalue weighted by atomic mass is 9.78. The molecular formula is C82H78N4O2. The first-order valence-electron chi connectivity index (χ1n) is 30.9. The number of rotatable bonds is 11. The van der Waals surface area contributed by atoms with Crippen molar-refractivity contribution < 1.29 is 9.47 Å². The van der Waals surface area contributed by atoms with Gasteiger partial charge in [0.25, 0.3) is 0 Å². The minimum Gasteiger partial charge on any atom is -0.457 e. The Hall–Kier alpha value is -9.65. The predicted molar refractivity (Wildman–Crippen MR) is 370 cm³/mol. The fourth-order valence-corrected chi connectivity index (χ4v) is 12.4. The van der Waals surface area contributed by atoms with Gasteiger partial charge in [0.05, 0.1) is 28.1 Å². The van der Waals surface area contributed by atoms with E-state index in [4.69, 9.17) is 14.5 Å². The number of nitrogens with zero attached hydrogens (tertiary/aromatic N) is 4. The number of fused-ring (bicyclic) bond motifs is 4. The van der Waals surface area contributed by atoms with Crippen molar-refractivity contribution in [3.63, 3.8) is 0 Å². The number of hydrogen-bond acceptors (Lipinski definition) is 5. The molecule has 12 aromatic rings. The molecule has 438 valence electrons. The van der Waals surface area contributed by atoms with Crippen LogP contribution in [0.4, 0.5) is 22.7 Å². The molecule has 0 atom stereocenters. The first kappa shape index (κ1) is 57.4. The van der Waals surface area contributed by atoms with Crippen LogP contribution in [0.2, 0.25) is 0 Å². The number of para-hydroxylation sites is 5. The number of pyridine rings is 1. The second-order valence-electron chi connectivity index (χ2n) is 27.8. The predicted octanol–water partition coefficient (Wildman–Crippen LogP) is 22.9. The Morgan fingerprint density at radius 2 is 0.807 bits per heavy atom. The van der Waals surface area contributed by atoms with Crippen molar-refractivity contribution in [2.24, 2.45) is 0 Å². The molecule has 0 saturated carbocycles. The first-order chi connectivity index (χ1) is 42.1. The van der Waals surface area contributed by atoms with Gasteiger partial charge in [-0.3, -0.25) is 4.57 Å². The van der Waals surface area contributed by atoms with E-state index in [0.717, 1.165) is 78.4 Å². The highest BCUT2D eigenvalue weighted by Crippen LogP contribution is 2.51. The van der Waals surface area contributed by atoms with Crippen LogP contribution in [0.3, 0.4) is 0 Å². The van der Waals surface area contributed by atoms with Crippen LogP contribution in [0.1, 0.15) is 105 Å². The van der Waals surface area contributed by atoms with Gasteiger partial charge in [-0.2, -0.15) is 0 Å². The molecule has 2 aromatic heterocycles. The van der Waals surface area contributed by atoms with Gasteiger partial charge in [-0.15, -0.1) is 0 Å². The van der Waals surface area contributed by atoms with E-state index in [1.807, 2.05) is 18.3 Å². The summed E-state index contributed by atoms with van der Waals surface area (Å²) in [7, 11) is 0. The first-order valence-corrected chi connectivity index (χ1v) is 30.9. The molecule has 3 heterocycles. The normalized spacial score (nSPS) is 12.9. The molecule has 1 aliphatic rings. The van der Waals surface area contributed by atoms with Gasteiger partial charge in [0, 0.05) is 63.1 Å². The number of anilines is 4. The molecule has 0 amide bonds. The highest BCUT2D eigenvalue weighted by atomic mass is 16.5. The van der Waals surface area contributed by atoms with Crippen LogP contribution >= 0.6 is 0 Å². The molecule has 0 aliphatic carbocycles. The van der Waals surface area contributed by atoms with Crippen LogP contribution in [0.5, 0.6) is 23.0 Å². The Morgan fingerprint density at radius 1 is 0.341 bits per heavy atom. The molecule has 0 radical (unpaired) electrons. The quantitative estimate of drug-likeness (QED) is 0.129. The minimum atomic E-state index is -0.0806. The maximum Gasteiger partial charge on any atom is 0.143 e. The second kappa shape index (κ2) is 22.3. The van der Waals surface area contributed by atoms with Crippen molar-refractivity contribution in [2.75, 3.05) is 16.5 Å². The SMILES string of the molecule is CC(C)(C)c1cc(-c2cccc(-c3cc(C(C)(C)C)cc(C(C)(C)C)c3)c2Oc2ccnc(-n3c4ccccc4c4ccc(Oc5cccc(N6CN(c7c(-c8ccccc8)cccc7-c7ccccc7)c7ccccc76)c5)cc43)c2)cc(C(C)(C)C)c1. The molecule has 6 nitrogen and oxygen atoms in total. The standard InChI is InChI=1S/C82H78N4O2/c1-79(2,3)58-44-56(45-59(48-58)80(4,5)6)68-35-25-36-69(57-46-60(81(7,8)9)49-61(47-57)82(10,11)12)78(68)88-65-42-43-83-76(52-65)86-72-37-20-19-32-70(72)71-41-40-64(51-75(71)86)87-63-31-23-30-62(50-63)84-53-85(74-39-22-21-38-73(74)84)77-66(54-26-15-13-16-27-54)33-24-34-67(77)55-28-17-14-18-29-55/h13-52H,53H2,1-12H3. The molecule has 0 saturated heterocycles. The van der Waals surface area contributed by atoms with Gasteiger partial charge in [-0.05, 0) is 115 Å². The lowest BCUT2D eigenvalue weighted by molar-refractivity contribution is 0.483. The van der Waals surface area contributed by atoms with Gasteiger partial charge in [0.2, 0.25) is 0 Å². The number of benzene rings is 10. The Morgan fingerprint density at radius 3 is 1.36 bits per heavy atom.